The highest BCUT2D eigenvalue weighted by molar-refractivity contribution is 6.30. The van der Waals surface area contributed by atoms with Crippen LogP contribution in [0.3, 0.4) is 0 Å². The molecule has 1 aromatic rings. The Labute approximate surface area is 118 Å². The smallest absolute Gasteiger partial charge is 0.183 e. The standard InChI is InChI=1S/C15H19ClFNO/c16-12-3-1-4-13(14(12)17)19-15(7-2-8-15)9-10-18-11-5-6-11/h1,3-4,11,18H,2,5-10H2. The number of hydrogen-bond donors (Lipinski definition) is 1. The van der Waals surface area contributed by atoms with E-state index in [-0.39, 0.29) is 10.6 Å². The minimum atomic E-state index is -0.439. The van der Waals surface area contributed by atoms with Crippen LogP contribution in [0.2, 0.25) is 5.02 Å². The topological polar surface area (TPSA) is 21.3 Å². The molecule has 0 aromatic heterocycles. The minimum Gasteiger partial charge on any atom is -0.484 e. The Morgan fingerprint density at radius 3 is 2.79 bits per heavy atom. The zero-order valence-corrected chi connectivity index (χ0v) is 11.7. The molecule has 19 heavy (non-hydrogen) atoms. The van der Waals surface area contributed by atoms with Crippen molar-refractivity contribution in [2.24, 2.45) is 0 Å². The van der Waals surface area contributed by atoms with Gasteiger partial charge in [0, 0.05) is 6.04 Å². The molecule has 3 rings (SSSR count). The fourth-order valence-electron chi connectivity index (χ4n) is 2.56. The highest BCUT2D eigenvalue weighted by atomic mass is 35.5. The van der Waals surface area contributed by atoms with Gasteiger partial charge in [-0.1, -0.05) is 17.7 Å². The largest absolute Gasteiger partial charge is 0.484 e. The normalized spacial score (nSPS) is 20.9. The van der Waals surface area contributed by atoms with Crippen LogP contribution in [-0.2, 0) is 0 Å². The molecule has 0 spiro atoms. The lowest BCUT2D eigenvalue weighted by Crippen LogP contribution is -2.45. The van der Waals surface area contributed by atoms with Gasteiger partial charge in [0.25, 0.3) is 0 Å². The summed E-state index contributed by atoms with van der Waals surface area (Å²) in [6.07, 6.45) is 6.69. The van der Waals surface area contributed by atoms with Crippen molar-refractivity contribution in [2.45, 2.75) is 50.2 Å². The molecule has 4 heteroatoms. The van der Waals surface area contributed by atoms with Gasteiger partial charge in [-0.15, -0.1) is 0 Å². The average Bonchev–Trinajstić information content (AvgIpc) is 3.15. The predicted molar refractivity (Wildman–Crippen MR) is 74.3 cm³/mol. The molecular weight excluding hydrogens is 265 g/mol. The van der Waals surface area contributed by atoms with Crippen LogP contribution < -0.4 is 10.1 Å². The van der Waals surface area contributed by atoms with Gasteiger partial charge in [0.05, 0.1) is 5.02 Å². The van der Waals surface area contributed by atoms with E-state index in [2.05, 4.69) is 5.32 Å². The Balaban J connectivity index is 1.62. The molecule has 2 aliphatic carbocycles. The summed E-state index contributed by atoms with van der Waals surface area (Å²) in [6, 6.07) is 5.65. The van der Waals surface area contributed by atoms with Crippen molar-refractivity contribution in [3.63, 3.8) is 0 Å². The molecule has 2 fully saturated rings. The maximum Gasteiger partial charge on any atom is 0.183 e. The number of benzene rings is 1. The number of nitrogens with one attached hydrogen (secondary N) is 1. The lowest BCUT2D eigenvalue weighted by Gasteiger charge is -2.42. The lowest BCUT2D eigenvalue weighted by molar-refractivity contribution is -0.0171. The van der Waals surface area contributed by atoms with E-state index >= 15 is 0 Å². The summed E-state index contributed by atoms with van der Waals surface area (Å²) in [5.74, 6) is -0.149. The number of ether oxygens (including phenoxy) is 1. The van der Waals surface area contributed by atoms with E-state index in [9.17, 15) is 4.39 Å². The number of halogens is 2. The van der Waals surface area contributed by atoms with Crippen LogP contribution in [0.5, 0.6) is 5.75 Å². The number of hydrogen-bond acceptors (Lipinski definition) is 2. The van der Waals surface area contributed by atoms with Crippen LogP contribution in [0.25, 0.3) is 0 Å². The van der Waals surface area contributed by atoms with E-state index in [1.54, 1.807) is 18.2 Å². The summed E-state index contributed by atoms with van der Waals surface area (Å²) in [7, 11) is 0. The van der Waals surface area contributed by atoms with E-state index in [0.29, 0.717) is 11.8 Å². The first-order valence-corrected chi connectivity index (χ1v) is 7.43. The van der Waals surface area contributed by atoms with E-state index in [0.717, 1.165) is 32.2 Å². The van der Waals surface area contributed by atoms with Crippen molar-refractivity contribution in [1.82, 2.24) is 5.32 Å². The maximum atomic E-state index is 13.9. The molecule has 0 unspecified atom stereocenters. The van der Waals surface area contributed by atoms with Crippen LogP contribution in [0.15, 0.2) is 18.2 Å². The third kappa shape index (κ3) is 3.03. The Bertz CT molecular complexity index is 457. The Kier molecular flexibility index (Phi) is 3.68. The third-order valence-electron chi connectivity index (χ3n) is 4.10. The van der Waals surface area contributed by atoms with Gasteiger partial charge in [-0.05, 0) is 57.2 Å². The van der Waals surface area contributed by atoms with Crippen LogP contribution in [0.1, 0.15) is 38.5 Å². The van der Waals surface area contributed by atoms with E-state index in [1.807, 2.05) is 0 Å². The van der Waals surface area contributed by atoms with Gasteiger partial charge >= 0.3 is 0 Å². The molecule has 0 amide bonds. The van der Waals surface area contributed by atoms with Gasteiger partial charge in [-0.2, -0.15) is 0 Å². The Hall–Kier alpha value is -0.800. The van der Waals surface area contributed by atoms with Gasteiger partial charge in [-0.3, -0.25) is 0 Å². The van der Waals surface area contributed by atoms with Gasteiger partial charge < -0.3 is 10.1 Å². The fraction of sp³-hybridized carbons (Fsp3) is 0.600. The maximum absolute atomic E-state index is 13.9. The molecule has 2 nitrogen and oxygen atoms in total. The summed E-state index contributed by atoms with van der Waals surface area (Å²) >= 11 is 5.79. The van der Waals surface area contributed by atoms with E-state index in [4.69, 9.17) is 16.3 Å². The monoisotopic (exact) mass is 283 g/mol. The van der Waals surface area contributed by atoms with Gasteiger partial charge in [0.15, 0.2) is 11.6 Å². The van der Waals surface area contributed by atoms with Crippen LogP contribution in [0.4, 0.5) is 4.39 Å². The van der Waals surface area contributed by atoms with Crippen molar-refractivity contribution in [3.8, 4) is 5.75 Å². The SMILES string of the molecule is Fc1c(Cl)cccc1OC1(CCNC2CC2)CCC1. The van der Waals surface area contributed by atoms with Crippen molar-refractivity contribution >= 4 is 11.6 Å². The van der Waals surface area contributed by atoms with Crippen molar-refractivity contribution in [2.75, 3.05) is 6.54 Å². The van der Waals surface area contributed by atoms with E-state index < -0.39 is 5.82 Å². The minimum absolute atomic E-state index is 0.128. The molecule has 1 aromatic carbocycles. The Morgan fingerprint density at radius 2 is 2.16 bits per heavy atom. The first-order chi connectivity index (χ1) is 9.19. The summed E-state index contributed by atoms with van der Waals surface area (Å²) in [6.45, 7) is 0.951. The summed E-state index contributed by atoms with van der Waals surface area (Å²) in [5.41, 5.74) is -0.187. The predicted octanol–water partition coefficient (Wildman–Crippen LogP) is 3.92. The Morgan fingerprint density at radius 1 is 1.37 bits per heavy atom. The lowest BCUT2D eigenvalue weighted by atomic mass is 9.77. The van der Waals surface area contributed by atoms with Gasteiger partial charge in [0.2, 0.25) is 0 Å². The molecule has 0 saturated heterocycles. The van der Waals surface area contributed by atoms with Gasteiger partial charge in [-0.25, -0.2) is 4.39 Å². The molecule has 2 aliphatic rings. The second-order valence-electron chi connectivity index (χ2n) is 5.67. The zero-order chi connectivity index (χ0) is 13.3. The van der Waals surface area contributed by atoms with Crippen LogP contribution in [0, 0.1) is 5.82 Å². The molecular formula is C15H19ClFNO. The summed E-state index contributed by atoms with van der Waals surface area (Å²) in [5, 5.41) is 3.62. The molecule has 1 N–H and O–H groups in total. The molecule has 0 heterocycles. The molecule has 0 aliphatic heterocycles. The van der Waals surface area contributed by atoms with Crippen molar-refractivity contribution in [3.05, 3.63) is 29.0 Å². The summed E-state index contributed by atoms with van der Waals surface area (Å²) < 4.78 is 19.8. The third-order valence-corrected chi connectivity index (χ3v) is 4.39. The van der Waals surface area contributed by atoms with Crippen molar-refractivity contribution in [1.29, 1.82) is 0 Å². The first kappa shape index (κ1) is 13.2. The molecule has 0 atom stereocenters. The van der Waals surface area contributed by atoms with Crippen LogP contribution >= 0.6 is 11.6 Å². The van der Waals surface area contributed by atoms with Crippen molar-refractivity contribution < 1.29 is 9.13 Å². The number of rotatable bonds is 6. The zero-order valence-electron chi connectivity index (χ0n) is 10.9. The quantitative estimate of drug-likeness (QED) is 0.854. The van der Waals surface area contributed by atoms with Gasteiger partial charge in [0.1, 0.15) is 5.60 Å². The highest BCUT2D eigenvalue weighted by Crippen LogP contribution is 2.40. The van der Waals surface area contributed by atoms with Crippen LogP contribution in [-0.4, -0.2) is 18.2 Å². The second kappa shape index (κ2) is 5.29. The molecule has 0 radical (unpaired) electrons. The van der Waals surface area contributed by atoms with E-state index in [1.165, 1.54) is 12.8 Å². The molecule has 0 bridgehead atoms. The average molecular weight is 284 g/mol. The second-order valence-corrected chi connectivity index (χ2v) is 6.08. The first-order valence-electron chi connectivity index (χ1n) is 7.05. The molecule has 104 valence electrons. The molecule has 2 saturated carbocycles. The fourth-order valence-corrected chi connectivity index (χ4v) is 2.73. The highest BCUT2D eigenvalue weighted by Gasteiger charge is 2.40. The summed E-state index contributed by atoms with van der Waals surface area (Å²) in [4.78, 5) is 0.